The number of benzene rings is 1. The van der Waals surface area contributed by atoms with Crippen molar-refractivity contribution in [2.24, 2.45) is 7.05 Å². The zero-order chi connectivity index (χ0) is 14.8. The van der Waals surface area contributed by atoms with Crippen LogP contribution in [0, 0.1) is 0 Å². The Balaban J connectivity index is 2.00. The first-order valence-electron chi connectivity index (χ1n) is 6.95. The molecule has 0 radical (unpaired) electrons. The Hall–Kier alpha value is -2.55. The van der Waals surface area contributed by atoms with Gasteiger partial charge >= 0.3 is 0 Å². The van der Waals surface area contributed by atoms with E-state index in [1.165, 1.54) is 16.9 Å². The summed E-state index contributed by atoms with van der Waals surface area (Å²) in [7, 11) is 5.83. The van der Waals surface area contributed by atoms with Crippen molar-refractivity contribution < 1.29 is 9.30 Å². The molecule has 1 aliphatic rings. The number of nitrogens with zero attached hydrogens (tertiary/aromatic N) is 2. The zero-order valence-electron chi connectivity index (χ0n) is 12.6. The van der Waals surface area contributed by atoms with Crippen LogP contribution in [0.4, 0.5) is 5.69 Å². The van der Waals surface area contributed by atoms with E-state index in [0.717, 1.165) is 11.4 Å². The Labute approximate surface area is 125 Å². The van der Waals surface area contributed by atoms with Gasteiger partial charge in [0.1, 0.15) is 12.8 Å². The van der Waals surface area contributed by atoms with E-state index in [2.05, 4.69) is 72.3 Å². The van der Waals surface area contributed by atoms with Crippen molar-refractivity contribution in [3.63, 3.8) is 0 Å². The minimum atomic E-state index is 0.883. The van der Waals surface area contributed by atoms with Crippen LogP contribution in [0.2, 0.25) is 0 Å². The molecule has 3 rings (SSSR count). The first-order chi connectivity index (χ1) is 10.2. The molecule has 1 aromatic heterocycles. The van der Waals surface area contributed by atoms with Crippen molar-refractivity contribution in [3.05, 3.63) is 65.6 Å². The molecular weight excluding hydrogens is 260 g/mol. The summed E-state index contributed by atoms with van der Waals surface area (Å²) in [6.07, 6.45) is 8.50. The lowest BCUT2D eigenvalue weighted by atomic mass is 10.1. The number of aromatic nitrogens is 1. The third-order valence-corrected chi connectivity index (χ3v) is 3.81. The van der Waals surface area contributed by atoms with E-state index in [1.54, 1.807) is 7.11 Å². The van der Waals surface area contributed by atoms with Crippen molar-refractivity contribution in [2.45, 2.75) is 0 Å². The number of hydrogen-bond donors (Lipinski definition) is 0. The molecule has 3 nitrogen and oxygen atoms in total. The van der Waals surface area contributed by atoms with Crippen LogP contribution in [0.15, 0.2) is 54.4 Å². The monoisotopic (exact) mass is 279 g/mol. The molecule has 21 heavy (non-hydrogen) atoms. The van der Waals surface area contributed by atoms with Gasteiger partial charge in [0.25, 0.3) is 0 Å². The highest BCUT2D eigenvalue weighted by molar-refractivity contribution is 5.79. The molecule has 0 atom stereocenters. The average molecular weight is 279 g/mol. The summed E-state index contributed by atoms with van der Waals surface area (Å²) in [6.45, 7) is 0. The van der Waals surface area contributed by atoms with Gasteiger partial charge in [-0.1, -0.05) is 6.08 Å². The zero-order valence-corrected chi connectivity index (χ0v) is 12.6. The highest BCUT2D eigenvalue weighted by atomic mass is 16.5. The third kappa shape index (κ3) is 2.55. The van der Waals surface area contributed by atoms with E-state index < -0.39 is 0 Å². The number of aryl methyl sites for hydroxylation is 1. The molecule has 0 fully saturated rings. The van der Waals surface area contributed by atoms with E-state index in [9.17, 15) is 0 Å². The van der Waals surface area contributed by atoms with Crippen LogP contribution in [0.1, 0.15) is 11.3 Å². The van der Waals surface area contributed by atoms with Gasteiger partial charge in [-0.2, -0.15) is 0 Å². The van der Waals surface area contributed by atoms with Crippen molar-refractivity contribution in [2.75, 3.05) is 19.1 Å². The molecule has 106 valence electrons. The number of hydrogen-bond acceptors (Lipinski definition) is 2. The number of methoxy groups -OCH3 is 1. The first-order valence-corrected chi connectivity index (χ1v) is 6.95. The molecule has 2 heterocycles. The smallest absolute Gasteiger partial charge is 0.207 e. The minimum absolute atomic E-state index is 0.883. The summed E-state index contributed by atoms with van der Waals surface area (Å²) in [5.41, 5.74) is 4.69. The van der Waals surface area contributed by atoms with Gasteiger partial charge in [-0.15, -0.1) is 0 Å². The van der Waals surface area contributed by atoms with Crippen LogP contribution in [0.25, 0.3) is 12.2 Å². The molecule has 0 spiro atoms. The van der Waals surface area contributed by atoms with Crippen molar-refractivity contribution in [1.82, 2.24) is 0 Å². The van der Waals surface area contributed by atoms with Crippen LogP contribution < -0.4 is 14.2 Å². The van der Waals surface area contributed by atoms with E-state index in [4.69, 9.17) is 4.74 Å². The quantitative estimate of drug-likeness (QED) is 0.786. The van der Waals surface area contributed by atoms with Gasteiger partial charge in [-0.25, -0.2) is 4.57 Å². The van der Waals surface area contributed by atoms with Gasteiger partial charge in [-0.3, -0.25) is 0 Å². The molecule has 0 unspecified atom stereocenters. The summed E-state index contributed by atoms with van der Waals surface area (Å²) in [5, 5.41) is 0. The number of fused-ring (bicyclic) bond motifs is 1. The Kier molecular flexibility index (Phi) is 3.48. The van der Waals surface area contributed by atoms with Crippen LogP contribution in [0.3, 0.4) is 0 Å². The second-order valence-electron chi connectivity index (χ2n) is 5.12. The maximum absolute atomic E-state index is 5.28. The molecule has 0 amide bonds. The van der Waals surface area contributed by atoms with E-state index in [1.807, 2.05) is 12.1 Å². The summed E-state index contributed by atoms with van der Waals surface area (Å²) in [5.74, 6) is 0.883. The molecule has 1 aromatic carbocycles. The van der Waals surface area contributed by atoms with Crippen molar-refractivity contribution in [1.29, 1.82) is 0 Å². The number of allylic oxidation sites excluding steroid dienone is 1. The Morgan fingerprint density at radius 2 is 2.00 bits per heavy atom. The Bertz CT molecular complexity index is 732. The third-order valence-electron chi connectivity index (χ3n) is 3.81. The Morgan fingerprint density at radius 1 is 1.14 bits per heavy atom. The van der Waals surface area contributed by atoms with Gasteiger partial charge in [0.05, 0.1) is 7.11 Å². The second kappa shape index (κ2) is 5.44. The van der Waals surface area contributed by atoms with Crippen LogP contribution >= 0.6 is 0 Å². The van der Waals surface area contributed by atoms with Gasteiger partial charge in [0.2, 0.25) is 5.69 Å². The molecule has 0 saturated heterocycles. The first kappa shape index (κ1) is 13.4. The van der Waals surface area contributed by atoms with Gasteiger partial charge in [0, 0.05) is 42.2 Å². The summed E-state index contributed by atoms with van der Waals surface area (Å²) >= 11 is 0. The maximum atomic E-state index is 5.28. The number of rotatable bonds is 2. The largest absolute Gasteiger partial charge is 0.497 e. The fraction of sp³-hybridized carbons (Fsp3) is 0.167. The summed E-state index contributed by atoms with van der Waals surface area (Å²) < 4.78 is 7.39. The fourth-order valence-corrected chi connectivity index (χ4v) is 2.51. The normalized spacial score (nSPS) is 15.2. The topological polar surface area (TPSA) is 16.4 Å². The summed E-state index contributed by atoms with van der Waals surface area (Å²) in [4.78, 5) is 2.20. The predicted molar refractivity (Wildman–Crippen MR) is 86.0 cm³/mol. The van der Waals surface area contributed by atoms with Crippen molar-refractivity contribution >= 4 is 17.8 Å². The number of pyridine rings is 1. The number of likely N-dealkylation sites (N-methyl/N-ethyl adjacent to an activating group) is 1. The maximum Gasteiger partial charge on any atom is 0.207 e. The standard InChI is InChI=1S/C18H19N2O/c1-19-11-5-4-6-15(19)13-16-8-7-14-12-17(21-3)9-10-18(14)20(16)2/h4-13H,1-3H3/q+1. The summed E-state index contributed by atoms with van der Waals surface area (Å²) in [6, 6.07) is 12.3. The lowest BCUT2D eigenvalue weighted by Gasteiger charge is -2.26. The molecule has 0 bridgehead atoms. The van der Waals surface area contributed by atoms with Gasteiger partial charge in [-0.05, 0) is 30.3 Å². The molecule has 2 aromatic rings. The second-order valence-corrected chi connectivity index (χ2v) is 5.12. The Morgan fingerprint density at radius 3 is 2.76 bits per heavy atom. The lowest BCUT2D eigenvalue weighted by molar-refractivity contribution is -0.673. The molecule has 1 aliphatic heterocycles. The number of ether oxygens (including phenoxy) is 1. The van der Waals surface area contributed by atoms with E-state index >= 15 is 0 Å². The molecular formula is C18H19N2O+. The predicted octanol–water partition coefficient (Wildman–Crippen LogP) is 3.02. The van der Waals surface area contributed by atoms with Crippen molar-refractivity contribution in [3.8, 4) is 5.75 Å². The lowest BCUT2D eigenvalue weighted by Crippen LogP contribution is -2.31. The van der Waals surface area contributed by atoms with E-state index in [-0.39, 0.29) is 0 Å². The van der Waals surface area contributed by atoms with Gasteiger partial charge < -0.3 is 9.64 Å². The van der Waals surface area contributed by atoms with E-state index in [0.29, 0.717) is 0 Å². The molecule has 3 heteroatoms. The van der Waals surface area contributed by atoms with Crippen LogP contribution in [0.5, 0.6) is 5.75 Å². The molecule has 0 saturated carbocycles. The highest BCUT2D eigenvalue weighted by Gasteiger charge is 2.15. The van der Waals surface area contributed by atoms with Gasteiger partial charge in [0.15, 0.2) is 6.20 Å². The number of anilines is 1. The molecule has 0 N–H and O–H groups in total. The van der Waals surface area contributed by atoms with Crippen LogP contribution in [-0.2, 0) is 7.05 Å². The highest BCUT2D eigenvalue weighted by Crippen LogP contribution is 2.32. The van der Waals surface area contributed by atoms with Crippen LogP contribution in [-0.4, -0.2) is 14.2 Å². The molecule has 0 aliphatic carbocycles. The SMILES string of the molecule is COc1ccc2c(c1)C=CC(=Cc1cccc[n+]1C)N2C. The average Bonchev–Trinajstić information content (AvgIpc) is 2.51. The minimum Gasteiger partial charge on any atom is -0.497 e. The fourth-order valence-electron chi connectivity index (χ4n) is 2.51.